The summed E-state index contributed by atoms with van der Waals surface area (Å²) in [6, 6.07) is 22.4. The molecule has 0 saturated carbocycles. The normalized spacial score (nSPS) is 15.5. The lowest BCUT2D eigenvalue weighted by Crippen LogP contribution is -2.27. The van der Waals surface area contributed by atoms with Crippen LogP contribution in [0.1, 0.15) is 19.4 Å². The zero-order valence-electron chi connectivity index (χ0n) is 16.5. The van der Waals surface area contributed by atoms with Gasteiger partial charge in [-0.1, -0.05) is 66.4 Å². The Labute approximate surface area is 181 Å². The first kappa shape index (κ1) is 19.7. The minimum Gasteiger partial charge on any atom is -0.372 e. The summed E-state index contributed by atoms with van der Waals surface area (Å²) in [7, 11) is 0. The molecule has 0 spiro atoms. The number of carbonyl (C=O) groups is 1. The molecule has 0 bridgehead atoms. The van der Waals surface area contributed by atoms with Crippen molar-refractivity contribution in [3.05, 3.63) is 77.2 Å². The molecular weight excluding hydrogens is 396 g/mol. The molecule has 1 heterocycles. The largest absolute Gasteiger partial charge is 0.372 e. The van der Waals surface area contributed by atoms with Crippen LogP contribution >= 0.6 is 24.0 Å². The Morgan fingerprint density at radius 2 is 1.66 bits per heavy atom. The Morgan fingerprint density at radius 1 is 0.966 bits per heavy atom. The van der Waals surface area contributed by atoms with E-state index in [-0.39, 0.29) is 5.91 Å². The molecule has 1 saturated heterocycles. The standard InChI is InChI=1S/C24H22N2OS2/c1-3-25(4-2)19-12-14-20(15-13-19)26-23(27)22(29-24(26)28)16-18-10-7-9-17-8-5-6-11-21(17)18/h5-16H,3-4H2,1-2H3. The number of thiocarbonyl (C=S) groups is 1. The van der Waals surface area contributed by atoms with E-state index in [0.29, 0.717) is 9.23 Å². The summed E-state index contributed by atoms with van der Waals surface area (Å²) in [6.45, 7) is 6.17. The van der Waals surface area contributed by atoms with Crippen LogP contribution in [0.15, 0.2) is 71.6 Å². The number of hydrogen-bond donors (Lipinski definition) is 0. The molecule has 3 nitrogen and oxygen atoms in total. The summed E-state index contributed by atoms with van der Waals surface area (Å²) in [5.74, 6) is -0.0662. The minimum absolute atomic E-state index is 0.0662. The van der Waals surface area contributed by atoms with Gasteiger partial charge in [0.15, 0.2) is 4.32 Å². The lowest BCUT2D eigenvalue weighted by molar-refractivity contribution is -0.113. The van der Waals surface area contributed by atoms with Gasteiger partial charge in [0, 0.05) is 18.8 Å². The number of benzene rings is 3. The predicted octanol–water partition coefficient (Wildman–Crippen LogP) is 6.09. The van der Waals surface area contributed by atoms with Crippen LogP contribution in [0, 0.1) is 0 Å². The van der Waals surface area contributed by atoms with Crippen molar-refractivity contribution in [2.24, 2.45) is 0 Å². The van der Waals surface area contributed by atoms with E-state index in [0.717, 1.165) is 40.8 Å². The van der Waals surface area contributed by atoms with Crippen molar-refractivity contribution in [1.29, 1.82) is 0 Å². The zero-order valence-corrected chi connectivity index (χ0v) is 18.1. The topological polar surface area (TPSA) is 23.6 Å². The molecule has 0 atom stereocenters. The summed E-state index contributed by atoms with van der Waals surface area (Å²) in [5, 5.41) is 2.28. The second-order valence-electron chi connectivity index (χ2n) is 6.77. The molecule has 0 aliphatic carbocycles. The van der Waals surface area contributed by atoms with Crippen LogP contribution in [-0.4, -0.2) is 23.3 Å². The maximum Gasteiger partial charge on any atom is 0.270 e. The van der Waals surface area contributed by atoms with Gasteiger partial charge >= 0.3 is 0 Å². The van der Waals surface area contributed by atoms with Gasteiger partial charge in [-0.2, -0.15) is 0 Å². The highest BCUT2D eigenvalue weighted by Gasteiger charge is 2.33. The molecule has 146 valence electrons. The first-order valence-electron chi connectivity index (χ1n) is 9.73. The highest BCUT2D eigenvalue weighted by atomic mass is 32.2. The van der Waals surface area contributed by atoms with Gasteiger partial charge in [0.25, 0.3) is 5.91 Å². The Bertz CT molecular complexity index is 1100. The zero-order chi connectivity index (χ0) is 20.4. The van der Waals surface area contributed by atoms with E-state index in [1.807, 2.05) is 42.5 Å². The van der Waals surface area contributed by atoms with Gasteiger partial charge in [-0.05, 0) is 60.5 Å². The van der Waals surface area contributed by atoms with E-state index < -0.39 is 0 Å². The third-order valence-electron chi connectivity index (χ3n) is 5.14. The Balaban J connectivity index is 1.64. The van der Waals surface area contributed by atoms with Crippen molar-refractivity contribution < 1.29 is 4.79 Å². The van der Waals surface area contributed by atoms with Crippen LogP contribution in [-0.2, 0) is 4.79 Å². The van der Waals surface area contributed by atoms with Gasteiger partial charge < -0.3 is 4.90 Å². The number of nitrogens with zero attached hydrogens (tertiary/aromatic N) is 2. The Kier molecular flexibility index (Phi) is 5.69. The van der Waals surface area contributed by atoms with E-state index in [1.54, 1.807) is 4.90 Å². The van der Waals surface area contributed by atoms with E-state index in [2.05, 4.69) is 49.1 Å². The summed E-state index contributed by atoms with van der Waals surface area (Å²) < 4.78 is 0.567. The Morgan fingerprint density at radius 3 is 2.38 bits per heavy atom. The van der Waals surface area contributed by atoms with Gasteiger partial charge in [-0.3, -0.25) is 9.69 Å². The molecule has 0 radical (unpaired) electrons. The summed E-state index contributed by atoms with van der Waals surface area (Å²) in [4.78, 5) is 17.7. The maximum atomic E-state index is 13.1. The van der Waals surface area contributed by atoms with Crippen LogP contribution in [0.2, 0.25) is 0 Å². The van der Waals surface area contributed by atoms with E-state index in [9.17, 15) is 4.79 Å². The molecule has 0 N–H and O–H groups in total. The molecule has 1 amide bonds. The molecule has 4 rings (SSSR count). The summed E-state index contributed by atoms with van der Waals surface area (Å²) >= 11 is 6.89. The minimum atomic E-state index is -0.0662. The molecule has 3 aromatic carbocycles. The number of amides is 1. The number of rotatable bonds is 5. The van der Waals surface area contributed by atoms with Gasteiger partial charge in [0.1, 0.15) is 0 Å². The molecule has 0 aromatic heterocycles. The number of hydrogen-bond acceptors (Lipinski definition) is 4. The molecule has 0 unspecified atom stereocenters. The smallest absolute Gasteiger partial charge is 0.270 e. The average molecular weight is 419 g/mol. The second-order valence-corrected chi connectivity index (χ2v) is 8.45. The van der Waals surface area contributed by atoms with Crippen LogP contribution < -0.4 is 9.80 Å². The molecule has 1 aliphatic rings. The number of carbonyl (C=O) groups excluding carboxylic acids is 1. The van der Waals surface area contributed by atoms with Crippen molar-refractivity contribution >= 4 is 62.4 Å². The highest BCUT2D eigenvalue weighted by Crippen LogP contribution is 2.37. The predicted molar refractivity (Wildman–Crippen MR) is 130 cm³/mol. The van der Waals surface area contributed by atoms with Crippen molar-refractivity contribution in [2.75, 3.05) is 22.9 Å². The SMILES string of the molecule is CCN(CC)c1ccc(N2C(=O)C(=Cc3cccc4ccccc34)SC2=S)cc1. The fourth-order valence-corrected chi connectivity index (χ4v) is 4.90. The van der Waals surface area contributed by atoms with Crippen LogP contribution in [0.3, 0.4) is 0 Å². The fourth-order valence-electron chi connectivity index (χ4n) is 3.61. The first-order valence-corrected chi connectivity index (χ1v) is 11.0. The summed E-state index contributed by atoms with van der Waals surface area (Å²) in [5.41, 5.74) is 2.99. The van der Waals surface area contributed by atoms with Crippen molar-refractivity contribution in [1.82, 2.24) is 0 Å². The van der Waals surface area contributed by atoms with E-state index >= 15 is 0 Å². The number of thioether (sulfide) groups is 1. The van der Waals surface area contributed by atoms with Gasteiger partial charge in [-0.25, -0.2) is 0 Å². The van der Waals surface area contributed by atoms with Gasteiger partial charge in [-0.15, -0.1) is 0 Å². The quantitative estimate of drug-likeness (QED) is 0.369. The van der Waals surface area contributed by atoms with Crippen LogP contribution in [0.4, 0.5) is 11.4 Å². The highest BCUT2D eigenvalue weighted by molar-refractivity contribution is 8.27. The summed E-state index contributed by atoms with van der Waals surface area (Å²) in [6.07, 6.45) is 1.95. The lowest BCUT2D eigenvalue weighted by atomic mass is 10.0. The molecule has 5 heteroatoms. The third kappa shape index (κ3) is 3.80. The second kappa shape index (κ2) is 8.39. The van der Waals surface area contributed by atoms with Gasteiger partial charge in [0.05, 0.1) is 10.6 Å². The van der Waals surface area contributed by atoms with Crippen molar-refractivity contribution in [3.8, 4) is 0 Å². The first-order chi connectivity index (χ1) is 14.1. The number of anilines is 2. The maximum absolute atomic E-state index is 13.1. The van der Waals surface area contributed by atoms with Crippen molar-refractivity contribution in [2.45, 2.75) is 13.8 Å². The van der Waals surface area contributed by atoms with E-state index in [1.165, 1.54) is 11.8 Å². The molecular formula is C24H22N2OS2. The monoisotopic (exact) mass is 418 g/mol. The molecule has 3 aromatic rings. The third-order valence-corrected chi connectivity index (χ3v) is 6.44. The fraction of sp³-hybridized carbons (Fsp3) is 0.167. The van der Waals surface area contributed by atoms with E-state index in [4.69, 9.17) is 12.2 Å². The van der Waals surface area contributed by atoms with Crippen LogP contribution in [0.5, 0.6) is 0 Å². The molecule has 1 fully saturated rings. The van der Waals surface area contributed by atoms with Crippen molar-refractivity contribution in [3.63, 3.8) is 0 Å². The Hall–Kier alpha value is -2.63. The lowest BCUT2D eigenvalue weighted by Gasteiger charge is -2.22. The van der Waals surface area contributed by atoms with Crippen LogP contribution in [0.25, 0.3) is 16.8 Å². The average Bonchev–Trinajstić information content (AvgIpc) is 3.03. The molecule has 1 aliphatic heterocycles. The number of fused-ring (bicyclic) bond motifs is 1. The molecule has 29 heavy (non-hydrogen) atoms. The van der Waals surface area contributed by atoms with Gasteiger partial charge in [0.2, 0.25) is 0 Å².